The molecule has 0 heterocycles. The highest BCUT2D eigenvalue weighted by Gasteiger charge is 2.38. The quantitative estimate of drug-likeness (QED) is 0.604. The van der Waals surface area contributed by atoms with Gasteiger partial charge in [-0.3, -0.25) is 0 Å². The van der Waals surface area contributed by atoms with Crippen LogP contribution in [0.3, 0.4) is 0 Å². The summed E-state index contributed by atoms with van der Waals surface area (Å²) < 4.78 is 61.7. The number of benzene rings is 2. The zero-order chi connectivity index (χ0) is 20.9. The maximum atomic E-state index is 13.2. The Labute approximate surface area is 162 Å². The van der Waals surface area contributed by atoms with Crippen molar-refractivity contribution in [2.24, 2.45) is 0 Å². The van der Waals surface area contributed by atoms with Crippen molar-refractivity contribution in [3.8, 4) is 23.0 Å². The Kier molecular flexibility index (Phi) is 6.45. The van der Waals surface area contributed by atoms with E-state index < -0.39 is 20.1 Å². The minimum atomic E-state index is -4.48. The molecule has 0 bridgehead atoms. The van der Waals surface area contributed by atoms with Gasteiger partial charge in [0, 0.05) is 12.1 Å². The van der Waals surface area contributed by atoms with E-state index in [0.29, 0.717) is 22.4 Å². The van der Waals surface area contributed by atoms with Gasteiger partial charge >= 0.3 is 14.5 Å². The number of rotatable bonds is 8. The predicted octanol–water partition coefficient (Wildman–Crippen LogP) is 4.41. The van der Waals surface area contributed by atoms with Crippen molar-refractivity contribution in [3.63, 3.8) is 0 Å². The zero-order valence-electron chi connectivity index (χ0n) is 15.8. The van der Waals surface area contributed by atoms with Crippen LogP contribution in [0.15, 0.2) is 61.0 Å². The van der Waals surface area contributed by atoms with E-state index in [1.165, 1.54) is 38.8 Å². The summed E-state index contributed by atoms with van der Waals surface area (Å²) in [5.74, 6) is 1.33. The van der Waals surface area contributed by atoms with E-state index >= 15 is 0 Å². The van der Waals surface area contributed by atoms with Crippen LogP contribution in [0.25, 0.3) is 0 Å². The van der Waals surface area contributed by atoms with Gasteiger partial charge in [-0.1, -0.05) is 29.6 Å². The van der Waals surface area contributed by atoms with Crippen LogP contribution in [0, 0.1) is 0 Å². The fourth-order valence-corrected chi connectivity index (χ4v) is 4.84. The van der Waals surface area contributed by atoms with Crippen LogP contribution in [0.5, 0.6) is 23.0 Å². The Morgan fingerprint density at radius 3 is 1.89 bits per heavy atom. The third-order valence-corrected chi connectivity index (χ3v) is 7.16. The van der Waals surface area contributed by atoms with Crippen molar-refractivity contribution in [2.45, 2.75) is 6.18 Å². The normalized spacial score (nSPS) is 11.5. The first kappa shape index (κ1) is 21.4. The molecule has 150 valence electrons. The lowest BCUT2D eigenvalue weighted by molar-refractivity contribution is -0.137. The Morgan fingerprint density at radius 1 is 0.893 bits per heavy atom. The van der Waals surface area contributed by atoms with Gasteiger partial charge in [0.05, 0.1) is 26.9 Å². The predicted molar refractivity (Wildman–Crippen MR) is 104 cm³/mol. The number of ether oxygens (including phenoxy) is 3. The van der Waals surface area contributed by atoms with Crippen molar-refractivity contribution in [1.29, 1.82) is 0 Å². The Bertz CT molecular complexity index is 832. The molecular weight excluding hydrogens is 389 g/mol. The van der Waals surface area contributed by atoms with Gasteiger partial charge in [-0.25, -0.2) is 0 Å². The van der Waals surface area contributed by atoms with E-state index in [4.69, 9.17) is 18.6 Å². The molecular formula is C20H21F3O4Si. The van der Waals surface area contributed by atoms with Crippen LogP contribution < -0.4 is 23.8 Å². The molecule has 28 heavy (non-hydrogen) atoms. The Hall–Kier alpha value is -2.87. The minimum Gasteiger partial charge on any atom is -0.526 e. The molecule has 0 aliphatic carbocycles. The standard InChI is InChI=1S/C20H21F3O4Si/c1-6-28(7-2,16-10-8-9-14(11-16)20(21,22)23)27-19-17(25-4)12-15(24-3)13-18(19)26-5/h6-13H,1-2H2,3-5H3. The average Bonchev–Trinajstić information content (AvgIpc) is 2.71. The molecule has 0 atom stereocenters. The first-order valence-electron chi connectivity index (χ1n) is 8.18. The lowest BCUT2D eigenvalue weighted by Crippen LogP contribution is -2.51. The van der Waals surface area contributed by atoms with Crippen molar-refractivity contribution in [2.75, 3.05) is 21.3 Å². The summed E-state index contributed by atoms with van der Waals surface area (Å²) in [5, 5.41) is 0.340. The topological polar surface area (TPSA) is 36.9 Å². The third-order valence-electron chi connectivity index (χ3n) is 4.19. The molecule has 0 N–H and O–H groups in total. The highest BCUT2D eigenvalue weighted by Crippen LogP contribution is 2.42. The third kappa shape index (κ3) is 4.17. The highest BCUT2D eigenvalue weighted by molar-refractivity contribution is 6.95. The monoisotopic (exact) mass is 410 g/mol. The average molecular weight is 410 g/mol. The number of alkyl halides is 3. The molecule has 0 aliphatic rings. The summed E-state index contributed by atoms with van der Waals surface area (Å²) in [6, 6.07) is 8.14. The molecule has 8 heteroatoms. The SMILES string of the molecule is C=C[Si](C=C)(Oc1c(OC)cc(OC)cc1OC)c1cccc(C(F)(F)F)c1. The summed E-state index contributed by atoms with van der Waals surface area (Å²) in [4.78, 5) is 0. The van der Waals surface area contributed by atoms with Gasteiger partial charge in [0.1, 0.15) is 5.75 Å². The zero-order valence-corrected chi connectivity index (χ0v) is 16.8. The van der Waals surface area contributed by atoms with Crippen molar-refractivity contribution < 1.29 is 31.8 Å². The molecule has 2 aromatic carbocycles. The van der Waals surface area contributed by atoms with E-state index in [1.54, 1.807) is 18.2 Å². The maximum Gasteiger partial charge on any atom is 0.416 e. The first-order valence-corrected chi connectivity index (χ1v) is 10.2. The fraction of sp³-hybridized carbons (Fsp3) is 0.200. The van der Waals surface area contributed by atoms with Gasteiger partial charge in [-0.05, 0) is 11.3 Å². The number of halogens is 3. The van der Waals surface area contributed by atoms with Gasteiger partial charge in [-0.15, -0.1) is 13.2 Å². The smallest absolute Gasteiger partial charge is 0.416 e. The molecule has 0 amide bonds. The minimum absolute atomic E-state index is 0.231. The molecule has 0 fully saturated rings. The largest absolute Gasteiger partial charge is 0.526 e. The van der Waals surface area contributed by atoms with Crippen LogP contribution in [0.2, 0.25) is 0 Å². The van der Waals surface area contributed by atoms with Crippen LogP contribution in [0.1, 0.15) is 5.56 Å². The molecule has 0 saturated heterocycles. The molecule has 0 aromatic heterocycles. The number of hydrogen-bond donors (Lipinski definition) is 0. The van der Waals surface area contributed by atoms with Crippen LogP contribution in [-0.2, 0) is 6.18 Å². The summed E-state index contributed by atoms with van der Waals surface area (Å²) in [6.45, 7) is 7.58. The molecule has 0 unspecified atom stereocenters. The molecule has 0 radical (unpaired) electrons. The van der Waals surface area contributed by atoms with Crippen molar-refractivity contribution in [3.05, 3.63) is 66.5 Å². The van der Waals surface area contributed by atoms with Crippen molar-refractivity contribution in [1.82, 2.24) is 0 Å². The second-order valence-corrected chi connectivity index (χ2v) is 8.93. The molecule has 4 nitrogen and oxygen atoms in total. The molecule has 2 aromatic rings. The highest BCUT2D eigenvalue weighted by atomic mass is 28.4. The first-order chi connectivity index (χ1) is 13.2. The summed E-state index contributed by atoms with van der Waals surface area (Å²) in [6.07, 6.45) is -4.48. The van der Waals surface area contributed by atoms with Gasteiger partial charge in [-0.2, -0.15) is 13.2 Å². The summed E-state index contributed by atoms with van der Waals surface area (Å²) >= 11 is 0. The van der Waals surface area contributed by atoms with Gasteiger partial charge in [0.25, 0.3) is 0 Å². The van der Waals surface area contributed by atoms with E-state index in [0.717, 1.165) is 12.1 Å². The van der Waals surface area contributed by atoms with E-state index in [9.17, 15) is 13.2 Å². The van der Waals surface area contributed by atoms with E-state index in [1.807, 2.05) is 0 Å². The van der Waals surface area contributed by atoms with Gasteiger partial charge in [0.2, 0.25) is 0 Å². The second kappa shape index (κ2) is 8.43. The van der Waals surface area contributed by atoms with Gasteiger partial charge < -0.3 is 18.6 Å². The molecule has 0 aliphatic heterocycles. The summed E-state index contributed by atoms with van der Waals surface area (Å²) in [7, 11) is 1.11. The Morgan fingerprint density at radius 2 is 1.46 bits per heavy atom. The number of methoxy groups -OCH3 is 3. The number of hydrogen-bond acceptors (Lipinski definition) is 4. The van der Waals surface area contributed by atoms with Crippen LogP contribution >= 0.6 is 0 Å². The fourth-order valence-electron chi connectivity index (χ4n) is 2.64. The Balaban J connectivity index is 2.63. The van der Waals surface area contributed by atoms with Gasteiger partial charge in [0.15, 0.2) is 17.2 Å². The molecule has 0 spiro atoms. The van der Waals surface area contributed by atoms with Crippen LogP contribution in [0.4, 0.5) is 13.2 Å². The second-order valence-electron chi connectivity index (χ2n) is 5.74. The van der Waals surface area contributed by atoms with E-state index in [-0.39, 0.29) is 5.75 Å². The van der Waals surface area contributed by atoms with Crippen LogP contribution in [-0.4, -0.2) is 29.6 Å². The maximum absolute atomic E-state index is 13.2. The summed E-state index contributed by atoms with van der Waals surface area (Å²) in [5.41, 5.74) is 2.22. The van der Waals surface area contributed by atoms with E-state index in [2.05, 4.69) is 13.2 Å². The molecule has 2 rings (SSSR count). The molecule has 0 saturated carbocycles. The lowest BCUT2D eigenvalue weighted by atomic mass is 10.2. The van der Waals surface area contributed by atoms with Crippen molar-refractivity contribution >= 4 is 13.5 Å². The lowest BCUT2D eigenvalue weighted by Gasteiger charge is -2.28.